The van der Waals surface area contributed by atoms with Gasteiger partial charge < -0.3 is 10.1 Å². The van der Waals surface area contributed by atoms with Crippen molar-refractivity contribution >= 4 is 23.0 Å². The summed E-state index contributed by atoms with van der Waals surface area (Å²) in [4.78, 5) is 13.8. The van der Waals surface area contributed by atoms with E-state index in [9.17, 15) is 4.79 Å². The zero-order valence-corrected chi connectivity index (χ0v) is 8.47. The monoisotopic (exact) mass is 217 g/mol. The van der Waals surface area contributed by atoms with Gasteiger partial charge in [-0.25, -0.2) is 5.43 Å². The van der Waals surface area contributed by atoms with Crippen LogP contribution in [0.1, 0.15) is 5.56 Å². The normalized spacial score (nSPS) is 11.1. The van der Waals surface area contributed by atoms with E-state index in [1.165, 1.54) is 6.21 Å². The van der Waals surface area contributed by atoms with Gasteiger partial charge in [0, 0.05) is 22.7 Å². The number of fused-ring (bicyclic) bond motifs is 1. The van der Waals surface area contributed by atoms with E-state index >= 15 is 0 Å². The Bertz CT molecular complexity index is 531. The number of carbonyl (C=O) groups is 1. The number of carbonyl (C=O) groups excluding carboxylic acids is 1. The SMILES string of the molecule is O=C(CO)NN=Cc1c[nH]c2ccccc12. The van der Waals surface area contributed by atoms with Crippen LogP contribution in [0.2, 0.25) is 0 Å². The van der Waals surface area contributed by atoms with Gasteiger partial charge >= 0.3 is 0 Å². The molecule has 0 bridgehead atoms. The summed E-state index contributed by atoms with van der Waals surface area (Å²) in [5.41, 5.74) is 4.10. The van der Waals surface area contributed by atoms with E-state index in [2.05, 4.69) is 15.5 Å². The Hall–Kier alpha value is -2.14. The Morgan fingerprint density at radius 2 is 2.31 bits per heavy atom. The van der Waals surface area contributed by atoms with Gasteiger partial charge in [-0.3, -0.25) is 4.79 Å². The molecule has 1 aromatic carbocycles. The number of aliphatic hydroxyl groups excluding tert-OH is 1. The van der Waals surface area contributed by atoms with Gasteiger partial charge in [-0.2, -0.15) is 5.10 Å². The van der Waals surface area contributed by atoms with Crippen molar-refractivity contribution in [3.8, 4) is 0 Å². The largest absolute Gasteiger partial charge is 0.386 e. The second-order valence-electron chi connectivity index (χ2n) is 3.24. The van der Waals surface area contributed by atoms with Crippen LogP contribution >= 0.6 is 0 Å². The number of rotatable bonds is 3. The molecule has 5 nitrogen and oxygen atoms in total. The molecule has 0 aliphatic carbocycles. The van der Waals surface area contributed by atoms with Crippen LogP contribution in [0.5, 0.6) is 0 Å². The van der Waals surface area contributed by atoms with E-state index in [4.69, 9.17) is 5.11 Å². The van der Waals surface area contributed by atoms with Crippen LogP contribution in [0.4, 0.5) is 0 Å². The minimum atomic E-state index is -0.564. The first kappa shape index (κ1) is 10.4. The standard InChI is InChI=1S/C11H11N3O2/c15-7-11(16)14-13-6-8-5-12-10-4-2-1-3-9(8)10/h1-6,12,15H,7H2,(H,14,16). The molecular weight excluding hydrogens is 206 g/mol. The van der Waals surface area contributed by atoms with Crippen LogP contribution in [0.25, 0.3) is 10.9 Å². The smallest absolute Gasteiger partial charge is 0.265 e. The molecule has 0 fully saturated rings. The predicted molar refractivity (Wildman–Crippen MR) is 61.1 cm³/mol. The summed E-state index contributed by atoms with van der Waals surface area (Å²) in [5.74, 6) is -0.531. The number of nitrogens with zero attached hydrogens (tertiary/aromatic N) is 1. The molecule has 1 heterocycles. The van der Waals surface area contributed by atoms with Gasteiger partial charge in [-0.15, -0.1) is 0 Å². The number of hydrazone groups is 1. The lowest BCUT2D eigenvalue weighted by molar-refractivity contribution is -0.123. The highest BCUT2D eigenvalue weighted by molar-refractivity contribution is 5.99. The summed E-state index contributed by atoms with van der Waals surface area (Å²) >= 11 is 0. The molecule has 0 saturated carbocycles. The molecule has 0 unspecified atom stereocenters. The second-order valence-corrected chi connectivity index (χ2v) is 3.24. The lowest BCUT2D eigenvalue weighted by Crippen LogP contribution is -2.20. The minimum Gasteiger partial charge on any atom is -0.386 e. The van der Waals surface area contributed by atoms with Gasteiger partial charge in [0.1, 0.15) is 6.61 Å². The topological polar surface area (TPSA) is 77.5 Å². The number of hydrogen-bond donors (Lipinski definition) is 3. The number of benzene rings is 1. The third kappa shape index (κ3) is 2.09. The lowest BCUT2D eigenvalue weighted by atomic mass is 10.2. The zero-order chi connectivity index (χ0) is 11.4. The molecule has 3 N–H and O–H groups in total. The number of nitrogens with one attached hydrogen (secondary N) is 2. The number of amides is 1. The molecular formula is C11H11N3O2. The van der Waals surface area contributed by atoms with Crippen LogP contribution in [0.15, 0.2) is 35.6 Å². The van der Waals surface area contributed by atoms with Crippen molar-refractivity contribution in [1.29, 1.82) is 0 Å². The van der Waals surface area contributed by atoms with Gasteiger partial charge in [0.05, 0.1) is 6.21 Å². The average molecular weight is 217 g/mol. The van der Waals surface area contributed by atoms with Crippen molar-refractivity contribution in [2.75, 3.05) is 6.61 Å². The molecule has 0 aliphatic heterocycles. The number of hydrogen-bond acceptors (Lipinski definition) is 3. The highest BCUT2D eigenvalue weighted by Crippen LogP contribution is 2.15. The number of para-hydroxylation sites is 1. The van der Waals surface area contributed by atoms with Crippen molar-refractivity contribution in [2.45, 2.75) is 0 Å². The Morgan fingerprint density at radius 1 is 1.50 bits per heavy atom. The van der Waals surface area contributed by atoms with Gasteiger partial charge in [0.25, 0.3) is 5.91 Å². The van der Waals surface area contributed by atoms with Crippen molar-refractivity contribution in [3.63, 3.8) is 0 Å². The fourth-order valence-corrected chi connectivity index (χ4v) is 1.41. The van der Waals surface area contributed by atoms with E-state index < -0.39 is 12.5 Å². The van der Waals surface area contributed by atoms with Crippen molar-refractivity contribution in [3.05, 3.63) is 36.0 Å². The molecule has 1 aromatic heterocycles. The van der Waals surface area contributed by atoms with Crippen molar-refractivity contribution < 1.29 is 9.90 Å². The summed E-state index contributed by atoms with van der Waals surface area (Å²) in [5, 5.41) is 13.2. The maximum atomic E-state index is 10.7. The number of aliphatic hydroxyl groups is 1. The van der Waals surface area contributed by atoms with E-state index in [0.29, 0.717) is 0 Å². The molecule has 16 heavy (non-hydrogen) atoms. The number of H-pyrrole nitrogens is 1. The van der Waals surface area contributed by atoms with Crippen LogP contribution in [-0.2, 0) is 4.79 Å². The molecule has 5 heteroatoms. The van der Waals surface area contributed by atoms with E-state index in [1.807, 2.05) is 24.3 Å². The Balaban J connectivity index is 2.18. The molecule has 0 spiro atoms. The van der Waals surface area contributed by atoms with Crippen LogP contribution < -0.4 is 5.43 Å². The number of aromatic amines is 1. The van der Waals surface area contributed by atoms with Crippen molar-refractivity contribution in [2.24, 2.45) is 5.10 Å². The first-order chi connectivity index (χ1) is 7.81. The molecule has 0 atom stereocenters. The summed E-state index contributed by atoms with van der Waals surface area (Å²) in [6.07, 6.45) is 3.34. The Morgan fingerprint density at radius 3 is 3.12 bits per heavy atom. The molecule has 0 saturated heterocycles. The van der Waals surface area contributed by atoms with Gasteiger partial charge in [0.15, 0.2) is 0 Å². The first-order valence-electron chi connectivity index (χ1n) is 4.80. The molecule has 1 amide bonds. The molecule has 2 rings (SSSR count). The van der Waals surface area contributed by atoms with Crippen LogP contribution in [-0.4, -0.2) is 28.8 Å². The Labute approximate surface area is 91.8 Å². The lowest BCUT2D eigenvalue weighted by Gasteiger charge is -1.93. The molecule has 0 radical (unpaired) electrons. The second kappa shape index (κ2) is 4.59. The zero-order valence-electron chi connectivity index (χ0n) is 8.47. The van der Waals surface area contributed by atoms with Gasteiger partial charge in [-0.05, 0) is 6.07 Å². The Kier molecular flexibility index (Phi) is 2.98. The summed E-state index contributed by atoms with van der Waals surface area (Å²) in [6, 6.07) is 7.78. The van der Waals surface area contributed by atoms with Gasteiger partial charge in [-0.1, -0.05) is 18.2 Å². The third-order valence-corrected chi connectivity index (χ3v) is 2.16. The minimum absolute atomic E-state index is 0.531. The van der Waals surface area contributed by atoms with Crippen molar-refractivity contribution in [1.82, 2.24) is 10.4 Å². The third-order valence-electron chi connectivity index (χ3n) is 2.16. The summed E-state index contributed by atoms with van der Waals surface area (Å²) < 4.78 is 0. The van der Waals surface area contributed by atoms with Crippen LogP contribution in [0, 0.1) is 0 Å². The summed E-state index contributed by atoms with van der Waals surface area (Å²) in [6.45, 7) is -0.564. The highest BCUT2D eigenvalue weighted by Gasteiger charge is 1.99. The summed E-state index contributed by atoms with van der Waals surface area (Å²) in [7, 11) is 0. The molecule has 0 aliphatic rings. The first-order valence-corrected chi connectivity index (χ1v) is 4.80. The maximum Gasteiger partial charge on any atom is 0.265 e. The van der Waals surface area contributed by atoms with E-state index in [0.717, 1.165) is 16.5 Å². The average Bonchev–Trinajstić information content (AvgIpc) is 2.73. The van der Waals surface area contributed by atoms with Crippen LogP contribution in [0.3, 0.4) is 0 Å². The predicted octanol–water partition coefficient (Wildman–Crippen LogP) is 0.610. The van der Waals surface area contributed by atoms with E-state index in [1.54, 1.807) is 6.20 Å². The quantitative estimate of drug-likeness (QED) is 0.520. The molecule has 82 valence electrons. The van der Waals surface area contributed by atoms with Gasteiger partial charge in [0.2, 0.25) is 0 Å². The van der Waals surface area contributed by atoms with E-state index in [-0.39, 0.29) is 0 Å². The maximum absolute atomic E-state index is 10.7. The number of aromatic nitrogens is 1. The molecule has 2 aromatic rings. The fourth-order valence-electron chi connectivity index (χ4n) is 1.41. The fraction of sp³-hybridized carbons (Fsp3) is 0.0909. The highest BCUT2D eigenvalue weighted by atomic mass is 16.3.